The molecule has 29 heavy (non-hydrogen) atoms. The molecule has 0 saturated carbocycles. The van der Waals surface area contributed by atoms with Crippen LogP contribution in [0.4, 0.5) is 4.79 Å². The van der Waals surface area contributed by atoms with Gasteiger partial charge in [-0.05, 0) is 49.9 Å². The van der Waals surface area contributed by atoms with Crippen molar-refractivity contribution in [2.75, 3.05) is 26.7 Å². The lowest BCUT2D eigenvalue weighted by Crippen LogP contribution is -2.49. The second kappa shape index (κ2) is 11.0. The molecule has 1 aromatic carbocycles. The van der Waals surface area contributed by atoms with Gasteiger partial charge < -0.3 is 25.0 Å². The summed E-state index contributed by atoms with van der Waals surface area (Å²) in [7, 11) is 1.30. The van der Waals surface area contributed by atoms with Crippen molar-refractivity contribution in [3.63, 3.8) is 0 Å². The Balaban J connectivity index is 0.00000300. The van der Waals surface area contributed by atoms with Gasteiger partial charge in [0.2, 0.25) is 5.91 Å². The molecule has 8 nitrogen and oxygen atoms in total. The van der Waals surface area contributed by atoms with Crippen LogP contribution < -0.4 is 15.4 Å². The Morgan fingerprint density at radius 1 is 1.17 bits per heavy atom. The number of rotatable bonds is 6. The zero-order valence-electron chi connectivity index (χ0n) is 16.5. The summed E-state index contributed by atoms with van der Waals surface area (Å²) in [4.78, 5) is 38.1. The smallest absolute Gasteiger partial charge is 0.415 e. The van der Waals surface area contributed by atoms with Gasteiger partial charge in [-0.15, -0.1) is 12.4 Å². The van der Waals surface area contributed by atoms with Crippen molar-refractivity contribution >= 4 is 30.4 Å². The van der Waals surface area contributed by atoms with Crippen molar-refractivity contribution in [2.45, 2.75) is 44.2 Å². The highest BCUT2D eigenvalue weighted by Gasteiger charge is 2.28. The van der Waals surface area contributed by atoms with Crippen molar-refractivity contribution in [1.82, 2.24) is 15.5 Å². The fourth-order valence-electron chi connectivity index (χ4n) is 3.51. The molecule has 160 valence electrons. The lowest BCUT2D eigenvalue weighted by Gasteiger charge is -2.19. The van der Waals surface area contributed by atoms with E-state index in [2.05, 4.69) is 10.6 Å². The molecule has 2 aliphatic rings. The number of ether oxygens (including phenoxy) is 2. The third-order valence-electron chi connectivity index (χ3n) is 5.11. The predicted octanol–water partition coefficient (Wildman–Crippen LogP) is 1.66. The summed E-state index contributed by atoms with van der Waals surface area (Å²) in [6.07, 6.45) is 3.67. The number of methoxy groups -OCH3 is 1. The first kappa shape index (κ1) is 23.0. The Labute approximate surface area is 176 Å². The van der Waals surface area contributed by atoms with Crippen LogP contribution in [0.3, 0.4) is 0 Å². The zero-order chi connectivity index (χ0) is 19.9. The minimum atomic E-state index is -0.766. The van der Waals surface area contributed by atoms with Crippen LogP contribution in [0.25, 0.3) is 0 Å². The lowest BCUT2D eigenvalue weighted by molar-refractivity contribution is -0.145. The van der Waals surface area contributed by atoms with E-state index < -0.39 is 12.0 Å². The van der Waals surface area contributed by atoms with Crippen LogP contribution in [-0.4, -0.2) is 61.7 Å². The first-order chi connectivity index (χ1) is 13.6. The Bertz CT molecular complexity index is 701. The highest BCUT2D eigenvalue weighted by molar-refractivity contribution is 5.87. The van der Waals surface area contributed by atoms with E-state index in [9.17, 15) is 14.4 Å². The van der Waals surface area contributed by atoms with E-state index in [1.807, 2.05) is 0 Å². The van der Waals surface area contributed by atoms with E-state index in [1.165, 1.54) is 7.11 Å². The molecule has 0 radical (unpaired) electrons. The predicted molar refractivity (Wildman–Crippen MR) is 109 cm³/mol. The second-order valence-electron chi connectivity index (χ2n) is 7.14. The van der Waals surface area contributed by atoms with Gasteiger partial charge in [-0.3, -0.25) is 4.79 Å². The SMILES string of the molecule is COC(=O)C(Cc1ccc(OC(=O)N2CCCC2)cc1)NC(=O)[C@@H]1CCCN1.Cl. The van der Waals surface area contributed by atoms with Gasteiger partial charge in [0.05, 0.1) is 13.2 Å². The monoisotopic (exact) mass is 425 g/mol. The first-order valence-electron chi connectivity index (χ1n) is 9.74. The lowest BCUT2D eigenvalue weighted by atomic mass is 10.0. The van der Waals surface area contributed by atoms with E-state index >= 15 is 0 Å². The number of nitrogens with zero attached hydrogens (tertiary/aromatic N) is 1. The second-order valence-corrected chi connectivity index (χ2v) is 7.14. The van der Waals surface area contributed by atoms with Crippen molar-refractivity contribution in [3.05, 3.63) is 29.8 Å². The van der Waals surface area contributed by atoms with E-state index in [-0.39, 0.29) is 30.4 Å². The van der Waals surface area contributed by atoms with Crippen LogP contribution in [0.1, 0.15) is 31.2 Å². The number of benzene rings is 1. The van der Waals surface area contributed by atoms with E-state index in [0.717, 1.165) is 50.9 Å². The zero-order valence-corrected chi connectivity index (χ0v) is 17.3. The number of carbonyl (C=O) groups excluding carboxylic acids is 3. The molecule has 1 unspecified atom stereocenters. The minimum absolute atomic E-state index is 0. The van der Waals surface area contributed by atoms with Gasteiger partial charge in [-0.2, -0.15) is 0 Å². The highest BCUT2D eigenvalue weighted by atomic mass is 35.5. The summed E-state index contributed by atoms with van der Waals surface area (Å²) in [6, 6.07) is 5.92. The number of likely N-dealkylation sites (tertiary alicyclic amines) is 1. The Hall–Kier alpha value is -2.32. The molecule has 2 N–H and O–H groups in total. The molecule has 0 aliphatic carbocycles. The number of amides is 2. The fourth-order valence-corrected chi connectivity index (χ4v) is 3.51. The van der Waals surface area contributed by atoms with Crippen LogP contribution in [0.2, 0.25) is 0 Å². The summed E-state index contributed by atoms with van der Waals surface area (Å²) in [5.41, 5.74) is 0.830. The maximum absolute atomic E-state index is 12.3. The summed E-state index contributed by atoms with van der Waals surface area (Å²) in [6.45, 7) is 2.26. The van der Waals surface area contributed by atoms with Crippen LogP contribution in [0.5, 0.6) is 5.75 Å². The molecule has 2 fully saturated rings. The molecule has 2 aliphatic heterocycles. The van der Waals surface area contributed by atoms with Crippen LogP contribution in [-0.2, 0) is 20.7 Å². The maximum Gasteiger partial charge on any atom is 0.415 e. The van der Waals surface area contributed by atoms with E-state index in [0.29, 0.717) is 12.2 Å². The van der Waals surface area contributed by atoms with Gasteiger partial charge in [0.15, 0.2) is 0 Å². The summed E-state index contributed by atoms with van der Waals surface area (Å²) in [5.74, 6) is -0.227. The van der Waals surface area contributed by atoms with Crippen molar-refractivity contribution in [1.29, 1.82) is 0 Å². The van der Waals surface area contributed by atoms with Crippen molar-refractivity contribution < 1.29 is 23.9 Å². The first-order valence-corrected chi connectivity index (χ1v) is 9.74. The molecule has 9 heteroatoms. The standard InChI is InChI=1S/C20H27N3O5.ClH/c1-27-19(25)17(22-18(24)16-5-4-10-21-16)13-14-6-8-15(9-7-14)28-20(26)23-11-2-3-12-23;/h6-9,16-17,21H,2-5,10-13H2,1H3,(H,22,24);1H/t16-,17?;/m0./s1. The summed E-state index contributed by atoms with van der Waals surface area (Å²) >= 11 is 0. The van der Waals surface area contributed by atoms with Gasteiger partial charge in [0.25, 0.3) is 0 Å². The van der Waals surface area contributed by atoms with Crippen LogP contribution in [0.15, 0.2) is 24.3 Å². The van der Waals surface area contributed by atoms with Crippen molar-refractivity contribution in [2.24, 2.45) is 0 Å². The fraction of sp³-hybridized carbons (Fsp3) is 0.550. The highest BCUT2D eigenvalue weighted by Crippen LogP contribution is 2.17. The van der Waals surface area contributed by atoms with Gasteiger partial charge in [0, 0.05) is 19.5 Å². The van der Waals surface area contributed by atoms with E-state index in [4.69, 9.17) is 9.47 Å². The van der Waals surface area contributed by atoms with Crippen LogP contribution in [0, 0.1) is 0 Å². The van der Waals surface area contributed by atoms with Gasteiger partial charge in [-0.1, -0.05) is 12.1 Å². The average molecular weight is 426 g/mol. The summed E-state index contributed by atoms with van der Waals surface area (Å²) < 4.78 is 10.2. The molecule has 2 saturated heterocycles. The Morgan fingerprint density at radius 3 is 2.45 bits per heavy atom. The molecule has 0 aromatic heterocycles. The Morgan fingerprint density at radius 2 is 1.86 bits per heavy atom. The quantitative estimate of drug-likeness (QED) is 0.673. The molecule has 1 aromatic rings. The average Bonchev–Trinajstić information content (AvgIpc) is 3.42. The molecule has 2 amide bonds. The number of hydrogen-bond donors (Lipinski definition) is 2. The third-order valence-corrected chi connectivity index (χ3v) is 5.11. The van der Waals surface area contributed by atoms with Gasteiger partial charge >= 0.3 is 12.1 Å². The molecule has 2 atom stereocenters. The molecule has 0 bridgehead atoms. The number of halogens is 1. The number of esters is 1. The molecule has 0 spiro atoms. The van der Waals surface area contributed by atoms with Gasteiger partial charge in [-0.25, -0.2) is 9.59 Å². The molecular weight excluding hydrogens is 398 g/mol. The molecular formula is C20H28ClN3O5. The molecule has 2 heterocycles. The number of nitrogens with one attached hydrogen (secondary N) is 2. The Kier molecular flexibility index (Phi) is 8.72. The number of carbonyl (C=O) groups is 3. The van der Waals surface area contributed by atoms with Gasteiger partial charge in [0.1, 0.15) is 11.8 Å². The van der Waals surface area contributed by atoms with E-state index in [1.54, 1.807) is 29.2 Å². The summed E-state index contributed by atoms with van der Waals surface area (Å²) in [5, 5.41) is 5.89. The number of hydrogen-bond acceptors (Lipinski definition) is 6. The minimum Gasteiger partial charge on any atom is -0.467 e. The van der Waals surface area contributed by atoms with Crippen LogP contribution >= 0.6 is 12.4 Å². The third kappa shape index (κ3) is 6.33. The topological polar surface area (TPSA) is 97.0 Å². The largest absolute Gasteiger partial charge is 0.467 e. The molecule has 3 rings (SSSR count). The normalized spacial score (nSPS) is 19.2. The van der Waals surface area contributed by atoms with Crippen molar-refractivity contribution in [3.8, 4) is 5.75 Å². The maximum atomic E-state index is 12.3.